The fraction of sp³-hybridized carbons (Fsp3) is 1.00. The molecule has 0 aromatic carbocycles. The molecule has 1 rings (SSSR count). The number of rotatable bonds is 0. The van der Waals surface area contributed by atoms with Crippen LogP contribution < -0.4 is 61.8 Å². The summed E-state index contributed by atoms with van der Waals surface area (Å²) in [5, 5.41) is 13.6. The van der Waals surface area contributed by atoms with Crippen molar-refractivity contribution in [3.63, 3.8) is 0 Å². The molecule has 0 saturated carbocycles. The van der Waals surface area contributed by atoms with Crippen molar-refractivity contribution >= 4 is 0 Å². The normalized spacial score (nSPS) is 18.3. The molecule has 0 aliphatic carbocycles. The maximum atomic E-state index is 10.5. The van der Waals surface area contributed by atoms with Crippen LogP contribution in [0.1, 0.15) is 26.7 Å². The third kappa shape index (κ3) is 7.66. The molecule has 1 aliphatic heterocycles. The number of hydrogen-bond acceptors (Lipinski definition) is 2. The summed E-state index contributed by atoms with van der Waals surface area (Å²) in [6.07, 6.45) is 1.36. The minimum absolute atomic E-state index is 0. The van der Waals surface area contributed by atoms with E-state index in [4.69, 9.17) is 0 Å². The maximum Gasteiger partial charge on any atom is 1.00 e. The summed E-state index contributed by atoms with van der Waals surface area (Å²) in [7, 11) is 0. The Morgan fingerprint density at radius 3 is 1.80 bits per heavy atom. The van der Waals surface area contributed by atoms with E-state index in [-0.39, 0.29) is 57.5 Å². The van der Waals surface area contributed by atoms with E-state index < -0.39 is 0 Å². The minimum atomic E-state index is -0.277. The van der Waals surface area contributed by atoms with E-state index in [1.165, 1.54) is 0 Å². The molecule has 0 bridgehead atoms. The van der Waals surface area contributed by atoms with Gasteiger partial charge in [-0.1, -0.05) is 26.7 Å². The average molecular weight is 169 g/mol. The Kier molecular flexibility index (Phi) is 14.9. The summed E-state index contributed by atoms with van der Waals surface area (Å²) < 4.78 is 0. The first-order chi connectivity index (χ1) is 4.39. The van der Waals surface area contributed by atoms with Crippen LogP contribution in [-0.2, 0) is 0 Å². The second kappa shape index (κ2) is 10.6. The summed E-state index contributed by atoms with van der Waals surface area (Å²) in [5.41, 5.74) is 0. The predicted octanol–water partition coefficient (Wildman–Crippen LogP) is -2.87. The molecule has 3 heteroatoms. The van der Waals surface area contributed by atoms with Gasteiger partial charge in [0.15, 0.2) is 0 Å². The van der Waals surface area contributed by atoms with Gasteiger partial charge in [-0.15, -0.1) is 6.10 Å². The van der Waals surface area contributed by atoms with Gasteiger partial charge in [0.05, 0.1) is 0 Å². The van der Waals surface area contributed by atoms with Crippen molar-refractivity contribution in [2.24, 2.45) is 0 Å². The molecular formula is C7H16KNO. The fourth-order valence-corrected chi connectivity index (χ4v) is 0.795. The number of hydrogen-bond donors (Lipinski definition) is 1. The summed E-state index contributed by atoms with van der Waals surface area (Å²) in [5.74, 6) is 0. The van der Waals surface area contributed by atoms with Crippen molar-refractivity contribution in [3.8, 4) is 0 Å². The van der Waals surface area contributed by atoms with Gasteiger partial charge in [-0.25, -0.2) is 0 Å². The van der Waals surface area contributed by atoms with Crippen molar-refractivity contribution < 1.29 is 56.5 Å². The Labute approximate surface area is 106 Å². The quantitative estimate of drug-likeness (QED) is 0.396. The minimum Gasteiger partial charge on any atom is -0.852 e. The summed E-state index contributed by atoms with van der Waals surface area (Å²) in [4.78, 5) is 0. The Morgan fingerprint density at radius 1 is 1.20 bits per heavy atom. The van der Waals surface area contributed by atoms with Crippen LogP contribution in [0.5, 0.6) is 0 Å². The second-order valence-electron chi connectivity index (χ2n) is 1.95. The van der Waals surface area contributed by atoms with Crippen molar-refractivity contribution in [2.75, 3.05) is 13.1 Å². The van der Waals surface area contributed by atoms with Gasteiger partial charge in [0.1, 0.15) is 0 Å². The molecule has 0 unspecified atom stereocenters. The second-order valence-corrected chi connectivity index (χ2v) is 1.95. The Balaban J connectivity index is 0. The van der Waals surface area contributed by atoms with Crippen LogP contribution in [-0.4, -0.2) is 19.2 Å². The van der Waals surface area contributed by atoms with E-state index in [0.29, 0.717) is 0 Å². The SMILES string of the molecule is CC.[K+].[O-]C1CCNCC1. The monoisotopic (exact) mass is 169 g/mol. The van der Waals surface area contributed by atoms with Gasteiger partial charge in [-0.05, 0) is 13.1 Å². The molecule has 1 aliphatic rings. The summed E-state index contributed by atoms with van der Waals surface area (Å²) in [6, 6.07) is 0. The molecule has 0 spiro atoms. The van der Waals surface area contributed by atoms with E-state index in [2.05, 4.69) is 5.32 Å². The zero-order valence-electron chi connectivity index (χ0n) is 7.31. The Morgan fingerprint density at radius 2 is 1.60 bits per heavy atom. The molecule has 1 saturated heterocycles. The fourth-order valence-electron chi connectivity index (χ4n) is 0.795. The third-order valence-corrected chi connectivity index (χ3v) is 1.29. The topological polar surface area (TPSA) is 35.1 Å². The van der Waals surface area contributed by atoms with Crippen molar-refractivity contribution in [2.45, 2.75) is 32.8 Å². The molecule has 10 heavy (non-hydrogen) atoms. The molecule has 2 nitrogen and oxygen atoms in total. The molecule has 56 valence electrons. The largest absolute Gasteiger partial charge is 1.00 e. The van der Waals surface area contributed by atoms with Gasteiger partial charge in [0, 0.05) is 0 Å². The average Bonchev–Trinajstić information content (AvgIpc) is 1.94. The van der Waals surface area contributed by atoms with Crippen molar-refractivity contribution in [3.05, 3.63) is 0 Å². The molecule has 0 atom stereocenters. The van der Waals surface area contributed by atoms with E-state index in [1.807, 2.05) is 13.8 Å². The van der Waals surface area contributed by atoms with Gasteiger partial charge in [0.2, 0.25) is 0 Å². The van der Waals surface area contributed by atoms with Crippen LogP contribution >= 0.6 is 0 Å². The zero-order chi connectivity index (χ0) is 7.11. The van der Waals surface area contributed by atoms with E-state index in [0.717, 1.165) is 25.9 Å². The zero-order valence-corrected chi connectivity index (χ0v) is 10.4. The van der Waals surface area contributed by atoms with Crippen LogP contribution in [0.25, 0.3) is 0 Å². The maximum absolute atomic E-state index is 10.5. The van der Waals surface area contributed by atoms with Gasteiger partial charge >= 0.3 is 51.4 Å². The first-order valence-corrected chi connectivity index (χ1v) is 3.76. The molecule has 0 amide bonds. The number of nitrogens with one attached hydrogen (secondary N) is 1. The summed E-state index contributed by atoms with van der Waals surface area (Å²) >= 11 is 0. The van der Waals surface area contributed by atoms with Crippen LogP contribution in [0.15, 0.2) is 0 Å². The van der Waals surface area contributed by atoms with Crippen molar-refractivity contribution in [1.82, 2.24) is 5.32 Å². The van der Waals surface area contributed by atoms with Crippen LogP contribution in [0.2, 0.25) is 0 Å². The molecule has 0 aromatic heterocycles. The van der Waals surface area contributed by atoms with E-state index in [9.17, 15) is 5.11 Å². The first-order valence-electron chi connectivity index (χ1n) is 3.76. The van der Waals surface area contributed by atoms with Crippen molar-refractivity contribution in [1.29, 1.82) is 0 Å². The van der Waals surface area contributed by atoms with Gasteiger partial charge in [-0.3, -0.25) is 0 Å². The molecular weight excluding hydrogens is 153 g/mol. The first kappa shape index (κ1) is 14.1. The smallest absolute Gasteiger partial charge is 0.852 e. The van der Waals surface area contributed by atoms with Gasteiger partial charge < -0.3 is 10.4 Å². The third-order valence-electron chi connectivity index (χ3n) is 1.29. The molecule has 0 aromatic rings. The Hall–Kier alpha value is 1.56. The predicted molar refractivity (Wildman–Crippen MR) is 37.2 cm³/mol. The molecule has 1 fully saturated rings. The standard InChI is InChI=1S/C5H10NO.C2H6.K/c7-5-1-3-6-4-2-5;1-2;/h5-6H,1-4H2;1-2H3;/q-1;;+1. The molecule has 1 N–H and O–H groups in total. The number of piperidine rings is 1. The Bertz CT molecular complexity index is 55.6. The van der Waals surface area contributed by atoms with Crippen LogP contribution in [0, 0.1) is 0 Å². The van der Waals surface area contributed by atoms with E-state index in [1.54, 1.807) is 0 Å². The summed E-state index contributed by atoms with van der Waals surface area (Å²) in [6.45, 7) is 5.85. The van der Waals surface area contributed by atoms with Crippen LogP contribution in [0.3, 0.4) is 0 Å². The van der Waals surface area contributed by atoms with Gasteiger partial charge in [-0.2, -0.15) is 0 Å². The molecule has 0 radical (unpaired) electrons. The van der Waals surface area contributed by atoms with Gasteiger partial charge in [0.25, 0.3) is 0 Å². The van der Waals surface area contributed by atoms with E-state index >= 15 is 0 Å². The molecule has 1 heterocycles. The van der Waals surface area contributed by atoms with Crippen LogP contribution in [0.4, 0.5) is 0 Å².